The van der Waals surface area contributed by atoms with E-state index in [0.29, 0.717) is 31.2 Å². The first kappa shape index (κ1) is 16.7. The van der Waals surface area contributed by atoms with Gasteiger partial charge in [-0.1, -0.05) is 5.16 Å². The molecular weight excluding hydrogens is 310 g/mol. The molecule has 0 unspecified atom stereocenters. The fourth-order valence-electron chi connectivity index (χ4n) is 2.76. The van der Waals surface area contributed by atoms with Crippen molar-refractivity contribution in [1.29, 1.82) is 0 Å². The van der Waals surface area contributed by atoms with E-state index in [1.807, 2.05) is 24.0 Å². The molecule has 0 saturated carbocycles. The van der Waals surface area contributed by atoms with Crippen LogP contribution in [0.4, 0.5) is 5.82 Å². The van der Waals surface area contributed by atoms with E-state index >= 15 is 0 Å². The van der Waals surface area contributed by atoms with Crippen molar-refractivity contribution in [3.63, 3.8) is 0 Å². The quantitative estimate of drug-likeness (QED) is 0.855. The van der Waals surface area contributed by atoms with Gasteiger partial charge in [-0.3, -0.25) is 14.4 Å². The van der Waals surface area contributed by atoms with Crippen molar-refractivity contribution in [3.05, 3.63) is 29.8 Å². The molecule has 0 radical (unpaired) electrons. The molecule has 0 spiro atoms. The first-order valence-corrected chi connectivity index (χ1v) is 8.14. The van der Waals surface area contributed by atoms with Crippen LogP contribution < -0.4 is 5.32 Å². The minimum atomic E-state index is -0.0611. The summed E-state index contributed by atoms with van der Waals surface area (Å²) in [6, 6.07) is 1.70. The summed E-state index contributed by atoms with van der Waals surface area (Å²) in [4.78, 5) is 14.2. The number of ether oxygens (including phenoxy) is 1. The van der Waals surface area contributed by atoms with Crippen LogP contribution in [0.2, 0.25) is 0 Å². The Morgan fingerprint density at radius 2 is 2.33 bits per heavy atom. The molecule has 24 heavy (non-hydrogen) atoms. The van der Waals surface area contributed by atoms with E-state index in [9.17, 15) is 4.79 Å². The van der Waals surface area contributed by atoms with Crippen molar-refractivity contribution in [2.24, 2.45) is 0 Å². The van der Waals surface area contributed by atoms with Gasteiger partial charge in [-0.2, -0.15) is 5.10 Å². The third-order valence-electron chi connectivity index (χ3n) is 3.93. The molecule has 8 nitrogen and oxygen atoms in total. The number of hydrogen-bond acceptors (Lipinski definition) is 6. The second-order valence-corrected chi connectivity index (χ2v) is 6.15. The van der Waals surface area contributed by atoms with Crippen LogP contribution >= 0.6 is 0 Å². The Balaban J connectivity index is 1.42. The summed E-state index contributed by atoms with van der Waals surface area (Å²) in [7, 11) is 0. The molecule has 1 saturated heterocycles. The first-order valence-electron chi connectivity index (χ1n) is 8.14. The SMILES string of the molecule is Cc1cnn(C[C@@H]2CN(CCC(=O)Nc3cc(C)on3)CCO2)c1. The molecule has 1 aliphatic rings. The molecule has 1 atom stereocenters. The third-order valence-corrected chi connectivity index (χ3v) is 3.93. The Kier molecular flexibility index (Phi) is 5.27. The zero-order valence-electron chi connectivity index (χ0n) is 14.1. The predicted octanol–water partition coefficient (Wildman–Crippen LogP) is 1.22. The van der Waals surface area contributed by atoms with Gasteiger partial charge in [0.25, 0.3) is 0 Å². The lowest BCUT2D eigenvalue weighted by Crippen LogP contribution is -2.45. The van der Waals surface area contributed by atoms with E-state index in [0.717, 1.165) is 25.2 Å². The molecule has 0 aliphatic carbocycles. The second-order valence-electron chi connectivity index (χ2n) is 6.15. The van der Waals surface area contributed by atoms with Crippen LogP contribution in [0, 0.1) is 13.8 Å². The van der Waals surface area contributed by atoms with E-state index in [4.69, 9.17) is 9.26 Å². The van der Waals surface area contributed by atoms with Gasteiger partial charge in [-0.25, -0.2) is 0 Å². The van der Waals surface area contributed by atoms with Crippen molar-refractivity contribution < 1.29 is 14.1 Å². The number of aryl methyl sites for hydroxylation is 2. The number of carbonyl (C=O) groups is 1. The topological polar surface area (TPSA) is 85.4 Å². The van der Waals surface area contributed by atoms with Gasteiger partial charge < -0.3 is 14.6 Å². The maximum Gasteiger partial charge on any atom is 0.226 e. The highest BCUT2D eigenvalue weighted by Crippen LogP contribution is 2.10. The van der Waals surface area contributed by atoms with Crippen LogP contribution in [0.1, 0.15) is 17.7 Å². The predicted molar refractivity (Wildman–Crippen MR) is 87.6 cm³/mol. The van der Waals surface area contributed by atoms with Gasteiger partial charge in [-0.15, -0.1) is 0 Å². The molecule has 3 heterocycles. The van der Waals surface area contributed by atoms with Gasteiger partial charge in [0.15, 0.2) is 5.82 Å². The van der Waals surface area contributed by atoms with Crippen LogP contribution in [-0.4, -0.2) is 58.1 Å². The summed E-state index contributed by atoms with van der Waals surface area (Å²) >= 11 is 0. The molecule has 8 heteroatoms. The first-order chi connectivity index (χ1) is 11.6. The zero-order chi connectivity index (χ0) is 16.9. The monoisotopic (exact) mass is 333 g/mol. The highest BCUT2D eigenvalue weighted by molar-refractivity contribution is 5.89. The van der Waals surface area contributed by atoms with Gasteiger partial charge in [0, 0.05) is 38.3 Å². The number of anilines is 1. The van der Waals surface area contributed by atoms with Crippen molar-refractivity contribution in [2.45, 2.75) is 32.9 Å². The lowest BCUT2D eigenvalue weighted by atomic mass is 10.2. The Bertz CT molecular complexity index is 681. The lowest BCUT2D eigenvalue weighted by Gasteiger charge is -2.32. The summed E-state index contributed by atoms with van der Waals surface area (Å²) in [5.74, 6) is 1.08. The Morgan fingerprint density at radius 3 is 3.04 bits per heavy atom. The van der Waals surface area contributed by atoms with E-state index < -0.39 is 0 Å². The number of rotatable bonds is 6. The zero-order valence-corrected chi connectivity index (χ0v) is 14.1. The second kappa shape index (κ2) is 7.59. The summed E-state index contributed by atoms with van der Waals surface area (Å²) < 4.78 is 12.6. The molecule has 0 aromatic carbocycles. The molecule has 1 fully saturated rings. The molecule has 1 N–H and O–H groups in total. The summed E-state index contributed by atoms with van der Waals surface area (Å²) in [6.07, 6.45) is 4.37. The number of amides is 1. The molecule has 0 bridgehead atoms. The summed E-state index contributed by atoms with van der Waals surface area (Å²) in [6.45, 7) is 7.55. The molecule has 130 valence electrons. The minimum absolute atomic E-state index is 0.0611. The summed E-state index contributed by atoms with van der Waals surface area (Å²) in [5, 5.41) is 10.8. The normalized spacial score (nSPS) is 18.7. The van der Waals surface area contributed by atoms with E-state index in [2.05, 4.69) is 20.5 Å². The van der Waals surface area contributed by atoms with Gasteiger partial charge in [0.1, 0.15) is 5.76 Å². The van der Waals surface area contributed by atoms with Gasteiger partial charge in [-0.05, 0) is 19.4 Å². The minimum Gasteiger partial charge on any atom is -0.374 e. The third kappa shape index (κ3) is 4.65. The average molecular weight is 333 g/mol. The smallest absolute Gasteiger partial charge is 0.226 e. The van der Waals surface area contributed by atoms with Crippen LogP contribution in [0.15, 0.2) is 23.0 Å². The molecular formula is C16H23N5O3. The number of nitrogens with one attached hydrogen (secondary N) is 1. The average Bonchev–Trinajstić information content (AvgIpc) is 3.14. The molecule has 1 amide bonds. The van der Waals surface area contributed by atoms with Crippen molar-refractivity contribution in [3.8, 4) is 0 Å². The number of nitrogens with zero attached hydrogens (tertiary/aromatic N) is 4. The molecule has 3 rings (SSSR count). The van der Waals surface area contributed by atoms with Crippen molar-refractivity contribution in [2.75, 3.05) is 31.6 Å². The number of morpholine rings is 1. The van der Waals surface area contributed by atoms with Crippen LogP contribution in [-0.2, 0) is 16.1 Å². The van der Waals surface area contributed by atoms with Crippen LogP contribution in [0.25, 0.3) is 0 Å². The number of carbonyl (C=O) groups excluding carboxylic acids is 1. The van der Waals surface area contributed by atoms with Crippen LogP contribution in [0.3, 0.4) is 0 Å². The van der Waals surface area contributed by atoms with Gasteiger partial charge in [0.2, 0.25) is 5.91 Å². The highest BCUT2D eigenvalue weighted by atomic mass is 16.5. The lowest BCUT2D eigenvalue weighted by molar-refractivity contribution is -0.117. The highest BCUT2D eigenvalue weighted by Gasteiger charge is 2.21. The molecule has 2 aromatic rings. The maximum absolute atomic E-state index is 12.0. The van der Waals surface area contributed by atoms with Gasteiger partial charge >= 0.3 is 0 Å². The van der Waals surface area contributed by atoms with Crippen molar-refractivity contribution >= 4 is 11.7 Å². The van der Waals surface area contributed by atoms with E-state index in [1.165, 1.54) is 0 Å². The summed E-state index contributed by atoms with van der Waals surface area (Å²) in [5.41, 5.74) is 1.14. The van der Waals surface area contributed by atoms with Crippen LogP contribution in [0.5, 0.6) is 0 Å². The standard InChI is InChI=1S/C16H23N5O3/c1-12-8-17-21(9-12)11-14-10-20(5-6-23-14)4-3-16(22)18-15-7-13(2)24-19-15/h7-9,14H,3-6,10-11H2,1-2H3,(H,18,19,22)/t14-/m0/s1. The van der Waals surface area contributed by atoms with E-state index in [1.54, 1.807) is 13.0 Å². The number of aromatic nitrogens is 3. The van der Waals surface area contributed by atoms with E-state index in [-0.39, 0.29) is 12.0 Å². The molecule has 1 aliphatic heterocycles. The number of hydrogen-bond donors (Lipinski definition) is 1. The Labute approximate surface area is 140 Å². The molecule has 2 aromatic heterocycles. The van der Waals surface area contributed by atoms with Crippen molar-refractivity contribution in [1.82, 2.24) is 19.8 Å². The Morgan fingerprint density at radius 1 is 1.46 bits per heavy atom. The Hall–Kier alpha value is -2.19. The maximum atomic E-state index is 12.0. The van der Waals surface area contributed by atoms with Gasteiger partial charge in [0.05, 0.1) is 25.5 Å². The fraction of sp³-hybridized carbons (Fsp3) is 0.562. The largest absolute Gasteiger partial charge is 0.374 e. The fourth-order valence-corrected chi connectivity index (χ4v) is 2.76.